The van der Waals surface area contributed by atoms with Gasteiger partial charge in [0.25, 0.3) is 0 Å². The second-order valence-corrected chi connectivity index (χ2v) is 6.70. The Labute approximate surface area is 140 Å². The summed E-state index contributed by atoms with van der Waals surface area (Å²) < 4.78 is 45.0. The Morgan fingerprint density at radius 1 is 0.875 bits per heavy atom. The van der Waals surface area contributed by atoms with Gasteiger partial charge in [0.2, 0.25) is 0 Å². The van der Waals surface area contributed by atoms with Crippen LogP contribution in [-0.4, -0.2) is 5.60 Å². The van der Waals surface area contributed by atoms with Crippen LogP contribution in [0.15, 0.2) is 36.4 Å². The van der Waals surface area contributed by atoms with Gasteiger partial charge >= 0.3 is 0 Å². The van der Waals surface area contributed by atoms with Gasteiger partial charge in [-0.25, -0.2) is 13.2 Å². The maximum absolute atomic E-state index is 13.2. The van der Waals surface area contributed by atoms with E-state index in [1.807, 2.05) is 45.0 Å². The van der Waals surface area contributed by atoms with E-state index >= 15 is 0 Å². The van der Waals surface area contributed by atoms with Gasteiger partial charge in [-0.3, -0.25) is 0 Å². The number of ether oxygens (including phenoxy) is 1. The third-order valence-corrected chi connectivity index (χ3v) is 3.37. The minimum absolute atomic E-state index is 0.203. The normalized spacial score (nSPS) is 11.8. The summed E-state index contributed by atoms with van der Waals surface area (Å²) in [7, 11) is 0. The molecule has 0 fully saturated rings. The molecule has 24 heavy (non-hydrogen) atoms. The van der Waals surface area contributed by atoms with Crippen LogP contribution < -0.4 is 5.32 Å². The Kier molecular flexibility index (Phi) is 6.02. The molecule has 0 radical (unpaired) electrons. The average Bonchev–Trinajstić information content (AvgIpc) is 2.50. The minimum atomic E-state index is -1.44. The molecule has 0 aromatic heterocycles. The largest absolute Gasteiger partial charge is 0.371 e. The van der Waals surface area contributed by atoms with Gasteiger partial charge in [0.15, 0.2) is 17.5 Å². The van der Waals surface area contributed by atoms with Crippen LogP contribution in [0, 0.1) is 17.5 Å². The van der Waals surface area contributed by atoms with E-state index in [-0.39, 0.29) is 12.1 Å². The number of benzene rings is 2. The SMILES string of the molecule is CC(C)(C)OCc1cccc(CNCc2cc(F)c(F)c(F)c2)c1. The van der Waals surface area contributed by atoms with Crippen molar-refractivity contribution < 1.29 is 17.9 Å². The van der Waals surface area contributed by atoms with Gasteiger partial charge in [-0.15, -0.1) is 0 Å². The van der Waals surface area contributed by atoms with Crippen LogP contribution in [0.4, 0.5) is 13.2 Å². The molecular weight excluding hydrogens is 315 g/mol. The van der Waals surface area contributed by atoms with Gasteiger partial charge in [0.1, 0.15) is 0 Å². The van der Waals surface area contributed by atoms with Crippen LogP contribution in [0.3, 0.4) is 0 Å². The summed E-state index contributed by atoms with van der Waals surface area (Å²) in [5.41, 5.74) is 2.25. The fourth-order valence-electron chi connectivity index (χ4n) is 2.19. The summed E-state index contributed by atoms with van der Waals surface area (Å²) in [6, 6.07) is 9.90. The lowest BCUT2D eigenvalue weighted by Gasteiger charge is -2.19. The van der Waals surface area contributed by atoms with Crippen molar-refractivity contribution in [2.45, 2.75) is 46.1 Å². The number of nitrogens with one attached hydrogen (secondary N) is 1. The smallest absolute Gasteiger partial charge is 0.194 e. The van der Waals surface area contributed by atoms with Gasteiger partial charge in [-0.2, -0.15) is 0 Å². The molecule has 0 aliphatic carbocycles. The lowest BCUT2D eigenvalue weighted by molar-refractivity contribution is -0.0149. The zero-order valence-corrected chi connectivity index (χ0v) is 14.1. The molecule has 0 amide bonds. The zero-order valence-electron chi connectivity index (χ0n) is 14.1. The van der Waals surface area contributed by atoms with Crippen molar-refractivity contribution in [3.63, 3.8) is 0 Å². The molecule has 0 aliphatic rings. The Morgan fingerprint density at radius 3 is 2.08 bits per heavy atom. The highest BCUT2D eigenvalue weighted by molar-refractivity contribution is 5.23. The molecular formula is C19H22F3NO. The monoisotopic (exact) mass is 337 g/mol. The van der Waals surface area contributed by atoms with Crippen molar-refractivity contribution in [1.82, 2.24) is 5.32 Å². The molecule has 0 saturated heterocycles. The molecule has 0 heterocycles. The van der Waals surface area contributed by atoms with E-state index in [0.29, 0.717) is 18.7 Å². The fraction of sp³-hybridized carbons (Fsp3) is 0.368. The van der Waals surface area contributed by atoms with Crippen molar-refractivity contribution in [2.24, 2.45) is 0 Å². The second kappa shape index (κ2) is 7.81. The number of hydrogen-bond acceptors (Lipinski definition) is 2. The fourth-order valence-corrected chi connectivity index (χ4v) is 2.19. The van der Waals surface area contributed by atoms with Crippen LogP contribution in [0.1, 0.15) is 37.5 Å². The maximum atomic E-state index is 13.2. The van der Waals surface area contributed by atoms with E-state index in [0.717, 1.165) is 23.3 Å². The average molecular weight is 337 g/mol. The molecule has 130 valence electrons. The molecule has 0 bridgehead atoms. The van der Waals surface area contributed by atoms with Crippen molar-refractivity contribution in [1.29, 1.82) is 0 Å². The highest BCUT2D eigenvalue weighted by Crippen LogP contribution is 2.15. The van der Waals surface area contributed by atoms with Gasteiger partial charge in [0, 0.05) is 13.1 Å². The zero-order chi connectivity index (χ0) is 17.7. The maximum Gasteiger partial charge on any atom is 0.194 e. The molecule has 2 rings (SSSR count). The van der Waals surface area contributed by atoms with Crippen molar-refractivity contribution >= 4 is 0 Å². The summed E-state index contributed by atoms with van der Waals surface area (Å²) in [4.78, 5) is 0. The second-order valence-electron chi connectivity index (χ2n) is 6.70. The Balaban J connectivity index is 1.90. The molecule has 0 atom stereocenters. The summed E-state index contributed by atoms with van der Waals surface area (Å²) in [5, 5.41) is 3.09. The molecule has 0 aliphatic heterocycles. The topological polar surface area (TPSA) is 21.3 Å². The van der Waals surface area contributed by atoms with Gasteiger partial charge < -0.3 is 10.1 Å². The molecule has 2 nitrogen and oxygen atoms in total. The Hall–Kier alpha value is -1.85. The predicted octanol–water partition coefficient (Wildman–Crippen LogP) is 4.71. The summed E-state index contributed by atoms with van der Waals surface area (Å²) in [5.74, 6) is -3.79. The summed E-state index contributed by atoms with van der Waals surface area (Å²) in [6.45, 7) is 7.30. The van der Waals surface area contributed by atoms with Crippen molar-refractivity contribution in [3.8, 4) is 0 Å². The lowest BCUT2D eigenvalue weighted by atomic mass is 10.1. The number of rotatable bonds is 6. The number of halogens is 3. The molecule has 5 heteroatoms. The molecule has 2 aromatic rings. The van der Waals surface area contributed by atoms with Crippen LogP contribution in [0.25, 0.3) is 0 Å². The van der Waals surface area contributed by atoms with E-state index in [2.05, 4.69) is 5.32 Å². The lowest BCUT2D eigenvalue weighted by Crippen LogP contribution is -2.19. The van der Waals surface area contributed by atoms with Gasteiger partial charge in [-0.1, -0.05) is 24.3 Å². The first-order chi connectivity index (χ1) is 11.2. The van der Waals surface area contributed by atoms with E-state index < -0.39 is 17.5 Å². The highest BCUT2D eigenvalue weighted by Gasteiger charge is 2.11. The summed E-state index contributed by atoms with van der Waals surface area (Å²) >= 11 is 0. The molecule has 1 N–H and O–H groups in total. The van der Waals surface area contributed by atoms with E-state index in [4.69, 9.17) is 4.74 Å². The summed E-state index contributed by atoms with van der Waals surface area (Å²) in [6.07, 6.45) is 0. The first kappa shape index (κ1) is 18.5. The van der Waals surface area contributed by atoms with Crippen molar-refractivity contribution in [2.75, 3.05) is 0 Å². The molecule has 0 unspecified atom stereocenters. The first-order valence-corrected chi connectivity index (χ1v) is 7.80. The highest BCUT2D eigenvalue weighted by atomic mass is 19.2. The third-order valence-electron chi connectivity index (χ3n) is 3.37. The van der Waals surface area contributed by atoms with Gasteiger partial charge in [-0.05, 0) is 49.6 Å². The van der Waals surface area contributed by atoms with Crippen LogP contribution in [0.5, 0.6) is 0 Å². The Bertz CT molecular complexity index is 672. The van der Waals surface area contributed by atoms with Crippen LogP contribution in [0.2, 0.25) is 0 Å². The van der Waals surface area contributed by atoms with E-state index in [1.54, 1.807) is 0 Å². The van der Waals surface area contributed by atoms with Crippen LogP contribution >= 0.6 is 0 Å². The first-order valence-electron chi connectivity index (χ1n) is 7.80. The molecule has 0 saturated carbocycles. The van der Waals surface area contributed by atoms with Crippen molar-refractivity contribution in [3.05, 3.63) is 70.5 Å². The Morgan fingerprint density at radius 2 is 1.46 bits per heavy atom. The quantitative estimate of drug-likeness (QED) is 0.771. The third kappa shape index (κ3) is 5.65. The van der Waals surface area contributed by atoms with Gasteiger partial charge in [0.05, 0.1) is 12.2 Å². The minimum Gasteiger partial charge on any atom is -0.371 e. The molecule has 2 aromatic carbocycles. The van der Waals surface area contributed by atoms with Crippen LogP contribution in [-0.2, 0) is 24.4 Å². The standard InChI is InChI=1S/C19H22F3NO/c1-19(2,3)24-12-14-6-4-5-13(7-14)10-23-11-15-8-16(20)18(22)17(21)9-15/h4-9,23H,10-12H2,1-3H3. The predicted molar refractivity (Wildman–Crippen MR) is 87.8 cm³/mol. The van der Waals surface area contributed by atoms with E-state index in [9.17, 15) is 13.2 Å². The molecule has 0 spiro atoms. The number of hydrogen-bond donors (Lipinski definition) is 1. The van der Waals surface area contributed by atoms with E-state index in [1.165, 1.54) is 0 Å².